The van der Waals surface area contributed by atoms with Gasteiger partial charge in [-0.05, 0) is 12.1 Å². The van der Waals surface area contributed by atoms with Crippen LogP contribution in [0, 0.1) is 0 Å². The van der Waals surface area contributed by atoms with Crippen molar-refractivity contribution in [2.24, 2.45) is 12.2 Å². The third-order valence-electron chi connectivity index (χ3n) is 4.75. The highest BCUT2D eigenvalue weighted by Crippen LogP contribution is 2.41. The standard InChI is InChI=1S/C19H17ClF2N6O5S/c1-27-6-11(24-8-27)13-10(20)5-4-9-12(34(23,29)30)7-28(14(9)13)19-25-16(31-2)15(33-18(21)22)17(26-19)32-3/h4-8,18H,1-3H3,(H2,23,29,30). The van der Waals surface area contributed by atoms with E-state index in [4.69, 9.17) is 26.2 Å². The van der Waals surface area contributed by atoms with Gasteiger partial charge in [-0.15, -0.1) is 0 Å². The fraction of sp³-hybridized carbons (Fsp3) is 0.211. The van der Waals surface area contributed by atoms with E-state index in [1.54, 1.807) is 17.8 Å². The molecule has 34 heavy (non-hydrogen) atoms. The zero-order valence-corrected chi connectivity index (χ0v) is 19.4. The first-order chi connectivity index (χ1) is 16.0. The van der Waals surface area contributed by atoms with Gasteiger partial charge in [0, 0.05) is 30.4 Å². The molecule has 15 heteroatoms. The van der Waals surface area contributed by atoms with Crippen molar-refractivity contribution in [2.45, 2.75) is 11.5 Å². The minimum absolute atomic E-state index is 0.185. The van der Waals surface area contributed by atoms with E-state index in [2.05, 4.69) is 19.7 Å². The second kappa shape index (κ2) is 8.70. The van der Waals surface area contributed by atoms with Gasteiger partial charge >= 0.3 is 6.61 Å². The topological polar surface area (TPSA) is 136 Å². The molecule has 0 bridgehead atoms. The summed E-state index contributed by atoms with van der Waals surface area (Å²) in [5, 5.41) is 5.91. The quantitative estimate of drug-likeness (QED) is 0.397. The Kier molecular flexibility index (Phi) is 6.05. The lowest BCUT2D eigenvalue weighted by Gasteiger charge is -2.15. The summed E-state index contributed by atoms with van der Waals surface area (Å²) in [6.45, 7) is -3.20. The van der Waals surface area contributed by atoms with E-state index in [1.807, 2.05) is 0 Å². The maximum Gasteiger partial charge on any atom is 0.387 e. The summed E-state index contributed by atoms with van der Waals surface area (Å²) < 4.78 is 68.1. The maximum absolute atomic E-state index is 12.9. The molecule has 3 heterocycles. The van der Waals surface area contributed by atoms with Gasteiger partial charge in [0.2, 0.25) is 21.7 Å². The van der Waals surface area contributed by atoms with E-state index in [-0.39, 0.29) is 38.5 Å². The Morgan fingerprint density at radius 2 is 1.76 bits per heavy atom. The fourth-order valence-electron chi connectivity index (χ4n) is 3.41. The summed E-state index contributed by atoms with van der Waals surface area (Å²) in [5.41, 5.74) is 1.04. The van der Waals surface area contributed by atoms with Gasteiger partial charge in [0.1, 0.15) is 4.90 Å². The van der Waals surface area contributed by atoms with Crippen LogP contribution in [0.3, 0.4) is 0 Å². The number of benzene rings is 1. The van der Waals surface area contributed by atoms with Crippen LogP contribution < -0.4 is 19.3 Å². The first kappa shape index (κ1) is 23.7. The molecule has 4 aromatic rings. The SMILES string of the molecule is COc1nc(-n2cc(S(N)(=O)=O)c3ccc(Cl)c(-c4cn(C)cn4)c32)nc(OC)c1OC(F)F. The highest BCUT2D eigenvalue weighted by molar-refractivity contribution is 7.89. The van der Waals surface area contributed by atoms with Crippen molar-refractivity contribution in [3.8, 4) is 34.7 Å². The molecule has 2 N–H and O–H groups in total. The molecule has 1 aromatic carbocycles. The maximum atomic E-state index is 12.9. The smallest absolute Gasteiger partial charge is 0.387 e. The summed E-state index contributed by atoms with van der Waals surface area (Å²) in [6.07, 6.45) is 4.40. The van der Waals surface area contributed by atoms with Crippen molar-refractivity contribution in [1.29, 1.82) is 0 Å². The van der Waals surface area contributed by atoms with E-state index >= 15 is 0 Å². The van der Waals surface area contributed by atoms with Gasteiger partial charge in [-0.25, -0.2) is 18.5 Å². The molecular weight excluding hydrogens is 498 g/mol. The summed E-state index contributed by atoms with van der Waals surface area (Å²) >= 11 is 6.49. The summed E-state index contributed by atoms with van der Waals surface area (Å²) in [4.78, 5) is 12.3. The largest absolute Gasteiger partial charge is 0.478 e. The lowest BCUT2D eigenvalue weighted by atomic mass is 10.1. The third kappa shape index (κ3) is 4.10. The molecule has 3 aromatic heterocycles. The highest BCUT2D eigenvalue weighted by Gasteiger charge is 2.27. The van der Waals surface area contributed by atoms with Crippen LogP contribution in [-0.2, 0) is 17.1 Å². The van der Waals surface area contributed by atoms with E-state index < -0.39 is 22.4 Å². The Labute approximate surface area is 196 Å². The number of imidazole rings is 1. The lowest BCUT2D eigenvalue weighted by Crippen LogP contribution is -2.12. The second-order valence-electron chi connectivity index (χ2n) is 6.90. The van der Waals surface area contributed by atoms with Crippen LogP contribution in [0.5, 0.6) is 17.5 Å². The zero-order chi connectivity index (χ0) is 24.8. The number of methoxy groups -OCH3 is 2. The number of halogens is 3. The van der Waals surface area contributed by atoms with Crippen molar-refractivity contribution < 1.29 is 31.4 Å². The number of hydrogen-bond donors (Lipinski definition) is 1. The third-order valence-corrected chi connectivity index (χ3v) is 6.00. The van der Waals surface area contributed by atoms with E-state index in [0.29, 0.717) is 11.3 Å². The lowest BCUT2D eigenvalue weighted by molar-refractivity contribution is -0.0534. The Balaban J connectivity index is 2.12. The first-order valence-electron chi connectivity index (χ1n) is 9.35. The first-order valence-corrected chi connectivity index (χ1v) is 11.3. The summed E-state index contributed by atoms with van der Waals surface area (Å²) in [5.74, 6) is -1.46. The van der Waals surface area contributed by atoms with Gasteiger partial charge in [-0.3, -0.25) is 4.57 Å². The number of nitrogens with two attached hydrogens (primary N) is 1. The summed E-state index contributed by atoms with van der Waals surface area (Å²) in [7, 11) is -0.0919. The number of aryl methyl sites for hydroxylation is 1. The summed E-state index contributed by atoms with van der Waals surface area (Å²) in [6, 6.07) is 2.98. The number of nitrogens with zero attached hydrogens (tertiary/aromatic N) is 5. The van der Waals surface area contributed by atoms with Gasteiger partial charge < -0.3 is 18.8 Å². The predicted octanol–water partition coefficient (Wildman–Crippen LogP) is 2.74. The molecule has 11 nitrogen and oxygen atoms in total. The molecular formula is C19H17ClF2N6O5S. The van der Waals surface area contributed by atoms with E-state index in [1.165, 1.54) is 43.4 Å². The second-order valence-corrected chi connectivity index (χ2v) is 8.84. The molecule has 0 amide bonds. The van der Waals surface area contributed by atoms with Crippen molar-refractivity contribution in [3.05, 3.63) is 35.9 Å². The molecule has 0 aliphatic carbocycles. The Hall–Kier alpha value is -3.49. The molecule has 180 valence electrons. The van der Waals surface area contributed by atoms with Crippen LogP contribution in [0.1, 0.15) is 0 Å². The number of hydrogen-bond acceptors (Lipinski definition) is 8. The van der Waals surface area contributed by atoms with Crippen LogP contribution >= 0.6 is 11.6 Å². The van der Waals surface area contributed by atoms with Gasteiger partial charge in [-0.2, -0.15) is 18.7 Å². The molecule has 0 spiro atoms. The van der Waals surface area contributed by atoms with Crippen molar-refractivity contribution in [3.63, 3.8) is 0 Å². The molecule has 0 fully saturated rings. The average molecular weight is 515 g/mol. The van der Waals surface area contributed by atoms with Gasteiger partial charge in [0.15, 0.2) is 0 Å². The van der Waals surface area contributed by atoms with Crippen LogP contribution in [0.25, 0.3) is 28.1 Å². The van der Waals surface area contributed by atoms with Crippen molar-refractivity contribution in [2.75, 3.05) is 14.2 Å². The Morgan fingerprint density at radius 3 is 2.26 bits per heavy atom. The number of primary sulfonamides is 1. The van der Waals surface area contributed by atoms with E-state index in [0.717, 1.165) is 0 Å². The van der Waals surface area contributed by atoms with Gasteiger partial charge in [0.25, 0.3) is 11.8 Å². The molecule has 4 rings (SSSR count). The van der Waals surface area contributed by atoms with Crippen molar-refractivity contribution >= 4 is 32.5 Å². The fourth-order valence-corrected chi connectivity index (χ4v) is 4.38. The van der Waals surface area contributed by atoms with Crippen LogP contribution in [-0.4, -0.2) is 53.3 Å². The monoisotopic (exact) mass is 514 g/mol. The predicted molar refractivity (Wildman–Crippen MR) is 117 cm³/mol. The molecule has 0 radical (unpaired) electrons. The molecule has 0 saturated carbocycles. The molecule has 0 aliphatic heterocycles. The minimum atomic E-state index is -4.21. The number of sulfonamides is 1. The number of aromatic nitrogens is 5. The number of fused-ring (bicyclic) bond motifs is 1. The van der Waals surface area contributed by atoms with Crippen molar-refractivity contribution in [1.82, 2.24) is 24.1 Å². The van der Waals surface area contributed by atoms with Crippen LogP contribution in [0.15, 0.2) is 35.7 Å². The average Bonchev–Trinajstić information content (AvgIpc) is 3.37. The van der Waals surface area contributed by atoms with Crippen LogP contribution in [0.4, 0.5) is 8.78 Å². The normalized spacial score (nSPS) is 11.9. The van der Waals surface area contributed by atoms with Gasteiger partial charge in [-0.1, -0.05) is 11.6 Å². The molecule has 0 saturated heterocycles. The molecule has 0 unspecified atom stereocenters. The Morgan fingerprint density at radius 1 is 1.12 bits per heavy atom. The van der Waals surface area contributed by atoms with Gasteiger partial charge in [0.05, 0.1) is 36.8 Å². The highest BCUT2D eigenvalue weighted by atomic mass is 35.5. The zero-order valence-electron chi connectivity index (χ0n) is 17.9. The minimum Gasteiger partial charge on any atom is -0.478 e. The van der Waals surface area contributed by atoms with Crippen LogP contribution in [0.2, 0.25) is 5.02 Å². The number of ether oxygens (including phenoxy) is 3. The molecule has 0 atom stereocenters. The Bertz CT molecular complexity index is 1480. The number of alkyl halides is 2. The van der Waals surface area contributed by atoms with E-state index in [9.17, 15) is 17.2 Å². The molecule has 0 aliphatic rings. The number of rotatable bonds is 7.